The molecule has 0 aromatic heterocycles. The Hall–Kier alpha value is -0.400. The van der Waals surface area contributed by atoms with Crippen LogP contribution in [-0.2, 0) is 0 Å². The highest BCUT2D eigenvalue weighted by Gasteiger charge is 2.07. The van der Waals surface area contributed by atoms with Gasteiger partial charge in [-0.25, -0.2) is 8.78 Å². The van der Waals surface area contributed by atoms with Crippen LogP contribution < -0.4 is 0 Å². The third kappa shape index (κ3) is 3.07. The largest absolute Gasteiger partial charge is 0.205 e. The van der Waals surface area contributed by atoms with Crippen molar-refractivity contribution in [1.29, 1.82) is 0 Å². The smallest absolute Gasteiger partial charge is 0.142 e. The molecule has 0 fully saturated rings. The molecule has 0 aliphatic heterocycles. The Balaban J connectivity index is 3.04. The Morgan fingerprint density at radius 3 is 2.29 bits per heavy atom. The van der Waals surface area contributed by atoms with Crippen LogP contribution in [0, 0.1) is 23.5 Å². The van der Waals surface area contributed by atoms with Gasteiger partial charge in [-0.05, 0) is 12.1 Å². The van der Waals surface area contributed by atoms with Crippen LogP contribution in [0.3, 0.4) is 0 Å². The fourth-order valence-corrected chi connectivity index (χ4v) is 1.46. The molecule has 1 rings (SSSR count). The SMILES string of the molecule is Fc1cc(Br)cc(F)c1C#CCCBr. The topological polar surface area (TPSA) is 0 Å². The lowest BCUT2D eigenvalue weighted by molar-refractivity contribution is 0.576. The molecule has 0 saturated heterocycles. The van der Waals surface area contributed by atoms with E-state index in [9.17, 15) is 8.78 Å². The molecule has 4 heteroatoms. The highest BCUT2D eigenvalue weighted by Crippen LogP contribution is 2.18. The molecule has 14 heavy (non-hydrogen) atoms. The number of benzene rings is 1. The normalized spacial score (nSPS) is 9.43. The molecular weight excluding hydrogens is 318 g/mol. The van der Waals surface area contributed by atoms with E-state index in [1.165, 1.54) is 12.1 Å². The van der Waals surface area contributed by atoms with E-state index in [1.807, 2.05) is 0 Å². The van der Waals surface area contributed by atoms with Crippen molar-refractivity contribution in [3.63, 3.8) is 0 Å². The van der Waals surface area contributed by atoms with E-state index in [-0.39, 0.29) is 5.56 Å². The van der Waals surface area contributed by atoms with Gasteiger partial charge in [-0.2, -0.15) is 0 Å². The van der Waals surface area contributed by atoms with Gasteiger partial charge in [0.05, 0.1) is 5.56 Å². The van der Waals surface area contributed by atoms with Crippen molar-refractivity contribution in [3.05, 3.63) is 33.8 Å². The van der Waals surface area contributed by atoms with E-state index >= 15 is 0 Å². The second-order valence-electron chi connectivity index (χ2n) is 2.49. The predicted molar refractivity (Wildman–Crippen MR) is 59.3 cm³/mol. The van der Waals surface area contributed by atoms with Gasteiger partial charge in [0.1, 0.15) is 11.6 Å². The zero-order chi connectivity index (χ0) is 10.6. The fraction of sp³-hybridized carbons (Fsp3) is 0.200. The van der Waals surface area contributed by atoms with Crippen molar-refractivity contribution in [1.82, 2.24) is 0 Å². The summed E-state index contributed by atoms with van der Waals surface area (Å²) in [6, 6.07) is 2.39. The van der Waals surface area contributed by atoms with Gasteiger partial charge in [0.2, 0.25) is 0 Å². The van der Waals surface area contributed by atoms with Crippen LogP contribution in [0.5, 0.6) is 0 Å². The third-order valence-corrected chi connectivity index (χ3v) is 2.29. The molecule has 1 aromatic rings. The molecule has 0 aliphatic carbocycles. The second-order valence-corrected chi connectivity index (χ2v) is 4.19. The first-order chi connectivity index (χ1) is 6.65. The number of halogens is 4. The van der Waals surface area contributed by atoms with E-state index in [0.717, 1.165) is 0 Å². The van der Waals surface area contributed by atoms with Gasteiger partial charge < -0.3 is 0 Å². The van der Waals surface area contributed by atoms with Gasteiger partial charge >= 0.3 is 0 Å². The molecule has 0 atom stereocenters. The van der Waals surface area contributed by atoms with E-state index in [1.54, 1.807) is 0 Å². The zero-order valence-electron chi connectivity index (χ0n) is 7.08. The number of hydrogen-bond acceptors (Lipinski definition) is 0. The molecular formula is C10H6Br2F2. The molecule has 0 bridgehead atoms. The van der Waals surface area contributed by atoms with Gasteiger partial charge in [0.15, 0.2) is 0 Å². The summed E-state index contributed by atoms with van der Waals surface area (Å²) in [6.07, 6.45) is 0.564. The number of hydrogen-bond donors (Lipinski definition) is 0. The van der Waals surface area contributed by atoms with Gasteiger partial charge in [-0.3, -0.25) is 0 Å². The monoisotopic (exact) mass is 322 g/mol. The van der Waals surface area contributed by atoms with Gasteiger partial charge in [-0.15, -0.1) is 0 Å². The second kappa shape index (κ2) is 5.47. The van der Waals surface area contributed by atoms with Crippen molar-refractivity contribution < 1.29 is 8.78 Å². The summed E-state index contributed by atoms with van der Waals surface area (Å²) in [7, 11) is 0. The first-order valence-electron chi connectivity index (χ1n) is 3.84. The van der Waals surface area contributed by atoms with Crippen molar-refractivity contribution in [3.8, 4) is 11.8 Å². The van der Waals surface area contributed by atoms with Gasteiger partial charge in [0, 0.05) is 16.2 Å². The lowest BCUT2D eigenvalue weighted by Crippen LogP contribution is -1.90. The van der Waals surface area contributed by atoms with Crippen LogP contribution >= 0.6 is 31.9 Å². The zero-order valence-corrected chi connectivity index (χ0v) is 10.3. The standard InChI is InChI=1S/C10H6Br2F2/c11-4-2-1-3-8-9(13)5-7(12)6-10(8)14/h5-6H,2,4H2. The van der Waals surface area contributed by atoms with E-state index in [4.69, 9.17) is 0 Å². The minimum absolute atomic E-state index is 0.172. The Bertz CT molecular complexity index is 368. The lowest BCUT2D eigenvalue weighted by atomic mass is 10.2. The highest BCUT2D eigenvalue weighted by atomic mass is 79.9. The van der Waals surface area contributed by atoms with Crippen molar-refractivity contribution in [2.24, 2.45) is 0 Å². The van der Waals surface area contributed by atoms with Crippen LogP contribution in [0.25, 0.3) is 0 Å². The number of rotatable bonds is 1. The first-order valence-corrected chi connectivity index (χ1v) is 5.76. The summed E-state index contributed by atoms with van der Waals surface area (Å²) < 4.78 is 26.7. The van der Waals surface area contributed by atoms with Crippen LogP contribution in [0.2, 0.25) is 0 Å². The summed E-state index contributed by atoms with van der Waals surface area (Å²) in [4.78, 5) is 0. The Morgan fingerprint density at radius 2 is 1.79 bits per heavy atom. The van der Waals surface area contributed by atoms with Crippen molar-refractivity contribution >= 4 is 31.9 Å². The molecule has 0 spiro atoms. The van der Waals surface area contributed by atoms with Crippen LogP contribution in [-0.4, -0.2) is 5.33 Å². The maximum atomic E-state index is 13.2. The van der Waals surface area contributed by atoms with E-state index in [2.05, 4.69) is 43.7 Å². The minimum atomic E-state index is -0.640. The molecule has 0 heterocycles. The molecule has 1 aromatic carbocycles. The van der Waals surface area contributed by atoms with Crippen LogP contribution in [0.15, 0.2) is 16.6 Å². The van der Waals surface area contributed by atoms with E-state index < -0.39 is 11.6 Å². The summed E-state index contributed by atoms with van der Waals surface area (Å²) in [5.41, 5.74) is -0.172. The minimum Gasteiger partial charge on any atom is -0.205 e. The Labute approximate surface area is 98.0 Å². The molecule has 0 N–H and O–H groups in total. The van der Waals surface area contributed by atoms with Gasteiger partial charge in [-0.1, -0.05) is 43.7 Å². The fourth-order valence-electron chi connectivity index (χ4n) is 0.860. The van der Waals surface area contributed by atoms with Crippen molar-refractivity contribution in [2.45, 2.75) is 6.42 Å². The average Bonchev–Trinajstić information content (AvgIpc) is 2.09. The van der Waals surface area contributed by atoms with Gasteiger partial charge in [0.25, 0.3) is 0 Å². The van der Waals surface area contributed by atoms with Crippen LogP contribution in [0.4, 0.5) is 8.78 Å². The summed E-state index contributed by atoms with van der Waals surface area (Å²) in [5, 5.41) is 0.694. The molecule has 0 nitrogen and oxygen atoms in total. The van der Waals surface area contributed by atoms with E-state index in [0.29, 0.717) is 16.2 Å². The molecule has 0 unspecified atom stereocenters. The van der Waals surface area contributed by atoms with Crippen LogP contribution in [0.1, 0.15) is 12.0 Å². The summed E-state index contributed by atoms with van der Waals surface area (Å²) in [6.45, 7) is 0. The number of alkyl halides is 1. The molecule has 74 valence electrons. The lowest BCUT2D eigenvalue weighted by Gasteiger charge is -1.97. The molecule has 0 radical (unpaired) electrons. The molecule has 0 aliphatic rings. The maximum absolute atomic E-state index is 13.2. The maximum Gasteiger partial charge on any atom is 0.142 e. The summed E-state index contributed by atoms with van der Waals surface area (Å²) >= 11 is 6.17. The Morgan fingerprint density at radius 1 is 1.21 bits per heavy atom. The predicted octanol–water partition coefficient (Wildman–Crippen LogP) is 3.86. The quantitative estimate of drug-likeness (QED) is 0.544. The molecule has 0 amide bonds. The highest BCUT2D eigenvalue weighted by molar-refractivity contribution is 9.10. The average molecular weight is 324 g/mol. The summed E-state index contributed by atoms with van der Waals surface area (Å²) in [5.74, 6) is 3.84. The molecule has 0 saturated carbocycles. The first kappa shape index (κ1) is 11.7. The third-order valence-electron chi connectivity index (χ3n) is 1.44. The van der Waals surface area contributed by atoms with Crippen molar-refractivity contribution in [2.75, 3.05) is 5.33 Å². The Kier molecular flexibility index (Phi) is 4.56.